The van der Waals surface area contributed by atoms with E-state index in [2.05, 4.69) is 27.0 Å². The van der Waals surface area contributed by atoms with Gasteiger partial charge in [0.25, 0.3) is 0 Å². The lowest BCUT2D eigenvalue weighted by molar-refractivity contribution is -0.122. The Labute approximate surface area is 155 Å². The number of aryl methyl sites for hydroxylation is 2. The van der Waals surface area contributed by atoms with E-state index in [1.54, 1.807) is 6.92 Å². The molecule has 1 aromatic heterocycles. The fourth-order valence-corrected chi connectivity index (χ4v) is 4.89. The Kier molecular flexibility index (Phi) is 7.19. The van der Waals surface area contributed by atoms with Crippen LogP contribution in [0.1, 0.15) is 44.6 Å². The van der Waals surface area contributed by atoms with Gasteiger partial charge in [-0.25, -0.2) is 8.42 Å². The summed E-state index contributed by atoms with van der Waals surface area (Å²) >= 11 is 0. The molecular formula is C17H30N4O4S. The number of likely N-dealkylation sites (tertiary alicyclic amines) is 1. The van der Waals surface area contributed by atoms with Crippen LogP contribution < -0.4 is 10.0 Å². The highest BCUT2D eigenvalue weighted by Crippen LogP contribution is 2.19. The molecule has 26 heavy (non-hydrogen) atoms. The summed E-state index contributed by atoms with van der Waals surface area (Å²) in [6, 6.07) is -0.872. The van der Waals surface area contributed by atoms with Crippen molar-refractivity contribution in [2.45, 2.75) is 57.9 Å². The number of piperidine rings is 1. The molecule has 1 saturated heterocycles. The van der Waals surface area contributed by atoms with Crippen LogP contribution >= 0.6 is 0 Å². The molecule has 0 saturated carbocycles. The molecule has 2 N–H and O–H groups in total. The zero-order valence-corrected chi connectivity index (χ0v) is 16.9. The number of hydrogen-bond donors (Lipinski definition) is 2. The van der Waals surface area contributed by atoms with Crippen molar-refractivity contribution in [1.29, 1.82) is 0 Å². The molecule has 0 bridgehead atoms. The molecule has 0 aromatic carbocycles. The SMILES string of the molecule is Cc1noc(C)c1S(=O)(=O)N[C@@H](C)C(=O)NCCCN1CCCC(C)C1. The van der Waals surface area contributed by atoms with Crippen LogP contribution in [0.4, 0.5) is 0 Å². The Bertz CT molecular complexity index is 697. The zero-order valence-electron chi connectivity index (χ0n) is 16.0. The van der Waals surface area contributed by atoms with Crippen molar-refractivity contribution in [1.82, 2.24) is 20.1 Å². The fourth-order valence-electron chi connectivity index (χ4n) is 3.36. The lowest BCUT2D eigenvalue weighted by Gasteiger charge is -2.30. The standard InChI is InChI=1S/C17H30N4O4S/c1-12-7-5-9-21(11-12)10-6-8-18-17(22)14(3)20-26(23,24)16-13(2)19-25-15(16)4/h12,14,20H,5-11H2,1-4H3,(H,18,22)/t12?,14-/m0/s1. The predicted molar refractivity (Wildman–Crippen MR) is 98.2 cm³/mol. The third-order valence-corrected chi connectivity index (χ3v) is 6.44. The number of carbonyl (C=O) groups is 1. The van der Waals surface area contributed by atoms with Crippen LogP contribution in [0.2, 0.25) is 0 Å². The molecule has 1 aromatic rings. The van der Waals surface area contributed by atoms with Crippen molar-refractivity contribution in [2.75, 3.05) is 26.2 Å². The lowest BCUT2D eigenvalue weighted by atomic mass is 10.0. The highest BCUT2D eigenvalue weighted by molar-refractivity contribution is 7.89. The maximum Gasteiger partial charge on any atom is 0.246 e. The van der Waals surface area contributed by atoms with Gasteiger partial charge in [-0.1, -0.05) is 12.1 Å². The Balaban J connectivity index is 1.77. The first kappa shape index (κ1) is 20.9. The van der Waals surface area contributed by atoms with Crippen molar-refractivity contribution in [3.8, 4) is 0 Å². The van der Waals surface area contributed by atoms with E-state index in [4.69, 9.17) is 4.52 Å². The van der Waals surface area contributed by atoms with Gasteiger partial charge in [-0.2, -0.15) is 4.72 Å². The van der Waals surface area contributed by atoms with Gasteiger partial charge in [0.2, 0.25) is 15.9 Å². The minimum Gasteiger partial charge on any atom is -0.360 e. The van der Waals surface area contributed by atoms with Gasteiger partial charge >= 0.3 is 0 Å². The van der Waals surface area contributed by atoms with Crippen molar-refractivity contribution in [3.63, 3.8) is 0 Å². The van der Waals surface area contributed by atoms with E-state index in [-0.39, 0.29) is 22.3 Å². The number of aromatic nitrogens is 1. The van der Waals surface area contributed by atoms with Crippen molar-refractivity contribution < 1.29 is 17.7 Å². The molecule has 2 heterocycles. The molecule has 2 rings (SSSR count). The van der Waals surface area contributed by atoms with Crippen LogP contribution in [0.3, 0.4) is 0 Å². The number of rotatable bonds is 8. The summed E-state index contributed by atoms with van der Waals surface area (Å²) in [6.45, 7) is 10.6. The molecule has 1 amide bonds. The topological polar surface area (TPSA) is 105 Å². The molecule has 0 spiro atoms. The van der Waals surface area contributed by atoms with Gasteiger partial charge in [-0.3, -0.25) is 4.79 Å². The molecule has 9 heteroatoms. The molecule has 1 aliphatic rings. The number of nitrogens with zero attached hydrogens (tertiary/aromatic N) is 2. The maximum absolute atomic E-state index is 12.4. The van der Waals surface area contributed by atoms with Gasteiger partial charge < -0.3 is 14.7 Å². The Morgan fingerprint density at radius 2 is 2.15 bits per heavy atom. The fraction of sp³-hybridized carbons (Fsp3) is 0.765. The normalized spacial score (nSPS) is 20.1. The summed E-state index contributed by atoms with van der Waals surface area (Å²) in [7, 11) is -3.85. The van der Waals surface area contributed by atoms with Crippen LogP contribution in [0.15, 0.2) is 9.42 Å². The van der Waals surface area contributed by atoms with E-state index >= 15 is 0 Å². The number of amides is 1. The quantitative estimate of drug-likeness (QED) is 0.651. The number of nitrogens with one attached hydrogen (secondary N) is 2. The van der Waals surface area contributed by atoms with Crippen LogP contribution in [0, 0.1) is 19.8 Å². The van der Waals surface area contributed by atoms with E-state index in [1.165, 1.54) is 26.7 Å². The first-order chi connectivity index (χ1) is 12.2. The van der Waals surface area contributed by atoms with E-state index in [0.717, 1.165) is 32.0 Å². The average molecular weight is 387 g/mol. The van der Waals surface area contributed by atoms with Crippen LogP contribution in [-0.4, -0.2) is 56.6 Å². The van der Waals surface area contributed by atoms with Crippen LogP contribution in [-0.2, 0) is 14.8 Å². The highest BCUT2D eigenvalue weighted by atomic mass is 32.2. The Hall–Kier alpha value is -1.45. The summed E-state index contributed by atoms with van der Waals surface area (Å²) < 4.78 is 32.1. The van der Waals surface area contributed by atoms with Crippen LogP contribution in [0.25, 0.3) is 0 Å². The first-order valence-corrected chi connectivity index (χ1v) is 10.6. The number of carbonyl (C=O) groups excluding carboxylic acids is 1. The molecule has 1 unspecified atom stereocenters. The van der Waals surface area contributed by atoms with Gasteiger partial charge in [-0.15, -0.1) is 0 Å². The van der Waals surface area contributed by atoms with Gasteiger partial charge in [0.15, 0.2) is 5.76 Å². The van der Waals surface area contributed by atoms with E-state index in [1.807, 2.05) is 0 Å². The summed E-state index contributed by atoms with van der Waals surface area (Å²) in [5.74, 6) is 0.600. The molecule has 148 valence electrons. The lowest BCUT2D eigenvalue weighted by Crippen LogP contribution is -2.45. The summed E-state index contributed by atoms with van der Waals surface area (Å²) in [4.78, 5) is 14.6. The van der Waals surface area contributed by atoms with Crippen molar-refractivity contribution in [3.05, 3.63) is 11.5 Å². The highest BCUT2D eigenvalue weighted by Gasteiger charge is 2.28. The summed E-state index contributed by atoms with van der Waals surface area (Å²) in [6.07, 6.45) is 3.37. The minimum atomic E-state index is -3.85. The van der Waals surface area contributed by atoms with Gasteiger partial charge in [0.05, 0.1) is 6.04 Å². The van der Waals surface area contributed by atoms with E-state index < -0.39 is 16.1 Å². The molecule has 2 atom stereocenters. The maximum atomic E-state index is 12.4. The molecule has 1 fully saturated rings. The number of sulfonamides is 1. The Morgan fingerprint density at radius 1 is 1.42 bits per heavy atom. The molecule has 1 aliphatic heterocycles. The van der Waals surface area contributed by atoms with Gasteiger partial charge in [0, 0.05) is 13.1 Å². The average Bonchev–Trinajstić information content (AvgIpc) is 2.90. The monoisotopic (exact) mass is 386 g/mol. The Morgan fingerprint density at radius 3 is 2.77 bits per heavy atom. The van der Waals surface area contributed by atoms with E-state index in [0.29, 0.717) is 6.54 Å². The minimum absolute atomic E-state index is 0.00336. The smallest absolute Gasteiger partial charge is 0.246 e. The van der Waals surface area contributed by atoms with Crippen molar-refractivity contribution in [2.24, 2.45) is 5.92 Å². The zero-order chi connectivity index (χ0) is 19.3. The second kappa shape index (κ2) is 8.96. The summed E-state index contributed by atoms with van der Waals surface area (Å²) in [5, 5.41) is 6.44. The summed E-state index contributed by atoms with van der Waals surface area (Å²) in [5.41, 5.74) is 0.276. The van der Waals surface area contributed by atoms with Crippen LogP contribution in [0.5, 0.6) is 0 Å². The molecular weight excluding hydrogens is 356 g/mol. The largest absolute Gasteiger partial charge is 0.360 e. The van der Waals surface area contributed by atoms with Gasteiger partial charge in [0.1, 0.15) is 10.6 Å². The number of hydrogen-bond acceptors (Lipinski definition) is 6. The second-order valence-corrected chi connectivity index (χ2v) is 8.84. The first-order valence-electron chi connectivity index (χ1n) is 9.16. The predicted octanol–water partition coefficient (Wildman–Crippen LogP) is 1.20. The van der Waals surface area contributed by atoms with Crippen molar-refractivity contribution >= 4 is 15.9 Å². The molecule has 0 radical (unpaired) electrons. The van der Waals surface area contributed by atoms with Gasteiger partial charge in [-0.05, 0) is 59.0 Å². The molecule has 0 aliphatic carbocycles. The second-order valence-electron chi connectivity index (χ2n) is 7.19. The molecule has 8 nitrogen and oxygen atoms in total. The third-order valence-electron chi connectivity index (χ3n) is 4.65. The van der Waals surface area contributed by atoms with E-state index in [9.17, 15) is 13.2 Å². The third kappa shape index (κ3) is 5.52.